The molecule has 2 N–H and O–H groups in total. The van der Waals surface area contributed by atoms with Gasteiger partial charge in [-0.3, -0.25) is 4.79 Å². The third-order valence-electron chi connectivity index (χ3n) is 9.57. The summed E-state index contributed by atoms with van der Waals surface area (Å²) in [5, 5.41) is 12.4. The van der Waals surface area contributed by atoms with Gasteiger partial charge in [-0.2, -0.15) is 39.5 Å². The first-order chi connectivity index (χ1) is 25.4. The average Bonchev–Trinajstić information content (AvgIpc) is 3.08. The summed E-state index contributed by atoms with van der Waals surface area (Å²) < 4.78 is 154. The van der Waals surface area contributed by atoms with Gasteiger partial charge in [-0.05, 0) is 105 Å². The van der Waals surface area contributed by atoms with Gasteiger partial charge in [0.05, 0.1) is 40.9 Å². The first kappa shape index (κ1) is 43.6. The van der Waals surface area contributed by atoms with Gasteiger partial charge < -0.3 is 20.1 Å². The van der Waals surface area contributed by atoms with Crippen molar-refractivity contribution in [1.82, 2.24) is 15.3 Å². The van der Waals surface area contributed by atoms with Gasteiger partial charge >= 0.3 is 24.5 Å². The van der Waals surface area contributed by atoms with E-state index >= 15 is 0 Å². The second kappa shape index (κ2) is 17.3. The Morgan fingerprint density at radius 1 is 0.873 bits per heavy atom. The number of sulfone groups is 1. The van der Waals surface area contributed by atoms with Gasteiger partial charge in [0.2, 0.25) is 5.95 Å². The normalized spacial score (nSPS) is 18.1. The minimum absolute atomic E-state index is 0.0204. The van der Waals surface area contributed by atoms with Crippen molar-refractivity contribution < 1.29 is 62.6 Å². The Labute approximate surface area is 312 Å². The predicted molar refractivity (Wildman–Crippen MR) is 184 cm³/mol. The summed E-state index contributed by atoms with van der Waals surface area (Å²) in [6.45, 7) is 2.64. The number of aliphatic carboxylic acids is 1. The van der Waals surface area contributed by atoms with Crippen molar-refractivity contribution in [1.29, 1.82) is 0 Å². The molecule has 2 atom stereocenters. The van der Waals surface area contributed by atoms with Gasteiger partial charge in [-0.15, -0.1) is 0 Å². The highest BCUT2D eigenvalue weighted by Crippen LogP contribution is 2.40. The molecule has 55 heavy (non-hydrogen) atoms. The number of hydrogen-bond acceptors (Lipinski definition) is 8. The van der Waals surface area contributed by atoms with E-state index in [1.165, 1.54) is 17.9 Å². The number of rotatable bonds is 15. The minimum Gasteiger partial charge on any atom is -0.489 e. The molecule has 0 saturated heterocycles. The van der Waals surface area contributed by atoms with Crippen LogP contribution in [0.1, 0.15) is 91.4 Å². The van der Waals surface area contributed by atoms with Crippen LogP contribution in [0.25, 0.3) is 0 Å². The molecule has 1 aliphatic rings. The lowest BCUT2D eigenvalue weighted by molar-refractivity contribution is -0.143. The fourth-order valence-electron chi connectivity index (χ4n) is 6.49. The van der Waals surface area contributed by atoms with Gasteiger partial charge in [0, 0.05) is 25.3 Å². The first-order valence-corrected chi connectivity index (χ1v) is 19.3. The summed E-state index contributed by atoms with van der Waals surface area (Å²) in [7, 11) is -3.40. The van der Waals surface area contributed by atoms with Crippen LogP contribution >= 0.6 is 0 Å². The minimum atomic E-state index is -5.17. The maximum Gasteiger partial charge on any atom is 0.416 e. The number of nitrogens with zero attached hydrogens (tertiary/aromatic N) is 3. The standard InChI is InChI=1S/C36H41F9N4O5S/c1-21(46-17-24-6-4-23(5-7-24)12-32(50)51)31-9-8-27(34(37,38)39)15-26(31)20-49(33-47-18-30(19-48-33)54-10-11-55(3,52)53)22(2)25-13-28(35(40,41)42)16-29(14-25)36(43,44)45/h8-9,13-16,18-19,21-24,46H,4-7,10-12,17,20H2,1-3H3,(H,50,51)/t21?,22-,23-,24-/m0/s1. The third kappa shape index (κ3) is 12.7. The van der Waals surface area contributed by atoms with Crippen LogP contribution in [0.4, 0.5) is 45.5 Å². The van der Waals surface area contributed by atoms with E-state index in [2.05, 4.69) is 15.3 Å². The second-order valence-corrected chi connectivity index (χ2v) is 16.1. The van der Waals surface area contributed by atoms with Crippen molar-refractivity contribution >= 4 is 21.8 Å². The summed E-state index contributed by atoms with van der Waals surface area (Å²) in [6.07, 6.45) is -9.01. The molecule has 1 unspecified atom stereocenters. The molecule has 9 nitrogen and oxygen atoms in total. The van der Waals surface area contributed by atoms with E-state index in [4.69, 9.17) is 9.84 Å². The quantitative estimate of drug-likeness (QED) is 0.145. The number of ether oxygens (including phenoxy) is 1. The smallest absolute Gasteiger partial charge is 0.416 e. The zero-order chi connectivity index (χ0) is 40.9. The Morgan fingerprint density at radius 3 is 1.93 bits per heavy atom. The maximum atomic E-state index is 14.1. The van der Waals surface area contributed by atoms with Gasteiger partial charge in [0.1, 0.15) is 6.61 Å². The van der Waals surface area contributed by atoms with Crippen molar-refractivity contribution in [3.05, 3.63) is 82.2 Å². The number of carbonyl (C=O) groups is 1. The number of carboxylic acids is 1. The summed E-state index contributed by atoms with van der Waals surface area (Å²) in [5.74, 6) is -1.31. The number of benzene rings is 2. The molecule has 4 rings (SSSR count). The highest BCUT2D eigenvalue weighted by atomic mass is 32.2. The number of alkyl halides is 9. The Balaban J connectivity index is 1.74. The van der Waals surface area contributed by atoms with Crippen molar-refractivity contribution in [2.45, 2.75) is 83.1 Å². The molecule has 0 radical (unpaired) electrons. The van der Waals surface area contributed by atoms with Crippen LogP contribution in [-0.2, 0) is 39.7 Å². The largest absolute Gasteiger partial charge is 0.489 e. The van der Waals surface area contributed by atoms with Crippen LogP contribution in [0.15, 0.2) is 48.8 Å². The lowest BCUT2D eigenvalue weighted by Gasteiger charge is -2.33. The summed E-state index contributed by atoms with van der Waals surface area (Å²) in [5.41, 5.74) is -4.30. The third-order valence-corrected chi connectivity index (χ3v) is 10.5. The Kier molecular flexibility index (Phi) is 13.7. The topological polar surface area (TPSA) is 122 Å². The van der Waals surface area contributed by atoms with Gasteiger partial charge in [-0.25, -0.2) is 18.4 Å². The highest BCUT2D eigenvalue weighted by Gasteiger charge is 2.38. The predicted octanol–water partition coefficient (Wildman–Crippen LogP) is 8.66. The molecule has 19 heteroatoms. The monoisotopic (exact) mass is 812 g/mol. The van der Waals surface area contributed by atoms with E-state index in [1.54, 1.807) is 6.92 Å². The lowest BCUT2D eigenvalue weighted by Crippen LogP contribution is -2.32. The fraction of sp³-hybridized carbons (Fsp3) is 0.528. The molecule has 2 aromatic carbocycles. The van der Waals surface area contributed by atoms with Crippen LogP contribution in [0.2, 0.25) is 0 Å². The van der Waals surface area contributed by atoms with Crippen molar-refractivity contribution in [3.63, 3.8) is 0 Å². The average molecular weight is 813 g/mol. The number of halogens is 9. The fourth-order valence-corrected chi connectivity index (χ4v) is 6.88. The Bertz CT molecular complexity index is 1850. The molecule has 0 aliphatic heterocycles. The SMILES string of the molecule is CC(NC[C@H]1CC[C@H](CC(=O)O)CC1)c1ccc(C(F)(F)F)cc1CN(c1ncc(OCCS(C)(=O)=O)cn1)[C@@H](C)c1cc(C(F)(F)F)cc(C(F)(F)F)c1. The molecule has 1 saturated carbocycles. The van der Waals surface area contributed by atoms with E-state index in [1.807, 2.05) is 0 Å². The summed E-state index contributed by atoms with van der Waals surface area (Å²) in [4.78, 5) is 20.6. The molecular weight excluding hydrogens is 771 g/mol. The Hall–Kier alpha value is -4.13. The van der Waals surface area contributed by atoms with Crippen molar-refractivity contribution in [2.24, 2.45) is 11.8 Å². The van der Waals surface area contributed by atoms with Crippen LogP contribution in [0, 0.1) is 11.8 Å². The molecule has 1 fully saturated rings. The molecule has 0 amide bonds. The van der Waals surface area contributed by atoms with Crippen LogP contribution in [-0.4, -0.2) is 54.6 Å². The van der Waals surface area contributed by atoms with Crippen LogP contribution < -0.4 is 15.0 Å². The molecule has 3 aromatic rings. The van der Waals surface area contributed by atoms with Gasteiger partial charge in [0.25, 0.3) is 0 Å². The van der Waals surface area contributed by atoms with Crippen molar-refractivity contribution in [2.75, 3.05) is 30.1 Å². The van der Waals surface area contributed by atoms with E-state index < -0.39 is 75.2 Å². The second-order valence-electron chi connectivity index (χ2n) is 13.9. The van der Waals surface area contributed by atoms with E-state index in [0.717, 1.165) is 43.6 Å². The first-order valence-electron chi connectivity index (χ1n) is 17.2. The number of nitrogens with one attached hydrogen (secondary N) is 1. The number of aromatic nitrogens is 2. The lowest BCUT2D eigenvalue weighted by atomic mass is 9.80. The molecule has 0 bridgehead atoms. The van der Waals surface area contributed by atoms with Crippen LogP contribution in [0.5, 0.6) is 5.75 Å². The highest BCUT2D eigenvalue weighted by molar-refractivity contribution is 7.90. The summed E-state index contributed by atoms with van der Waals surface area (Å²) in [6, 6.07) is 2.06. The van der Waals surface area contributed by atoms with E-state index in [9.17, 15) is 52.7 Å². The van der Waals surface area contributed by atoms with E-state index in [0.29, 0.717) is 37.1 Å². The maximum absolute atomic E-state index is 14.1. The number of anilines is 1. The molecule has 1 aliphatic carbocycles. The molecular formula is C36H41F9N4O5S. The zero-order valence-corrected chi connectivity index (χ0v) is 30.8. The molecule has 0 spiro atoms. The van der Waals surface area contributed by atoms with Gasteiger partial charge in [0.15, 0.2) is 15.6 Å². The van der Waals surface area contributed by atoms with E-state index in [-0.39, 0.29) is 53.9 Å². The number of hydrogen-bond donors (Lipinski definition) is 2. The molecule has 304 valence electrons. The van der Waals surface area contributed by atoms with Crippen LogP contribution in [0.3, 0.4) is 0 Å². The summed E-state index contributed by atoms with van der Waals surface area (Å²) >= 11 is 0. The van der Waals surface area contributed by atoms with Gasteiger partial charge in [-0.1, -0.05) is 6.07 Å². The zero-order valence-electron chi connectivity index (χ0n) is 30.0. The number of carboxylic acid groups (broad SMARTS) is 1. The van der Waals surface area contributed by atoms with Crippen molar-refractivity contribution in [3.8, 4) is 5.75 Å². The molecule has 1 heterocycles. The Morgan fingerprint density at radius 2 is 1.42 bits per heavy atom. The molecule has 1 aromatic heterocycles.